The van der Waals surface area contributed by atoms with E-state index in [1.165, 1.54) is 16.9 Å². The van der Waals surface area contributed by atoms with Gasteiger partial charge in [0.25, 0.3) is 0 Å². The molecule has 0 unspecified atom stereocenters. The molecule has 4 rings (SSSR count). The predicted molar refractivity (Wildman–Crippen MR) is 107 cm³/mol. The van der Waals surface area contributed by atoms with Gasteiger partial charge in [-0.1, -0.05) is 17.7 Å². The maximum atomic E-state index is 12.2. The lowest BCUT2D eigenvalue weighted by Crippen LogP contribution is -2.31. The van der Waals surface area contributed by atoms with Gasteiger partial charge in [0, 0.05) is 51.3 Å². The second-order valence-corrected chi connectivity index (χ2v) is 7.77. The average Bonchev–Trinajstić information content (AvgIpc) is 3.32. The van der Waals surface area contributed by atoms with Crippen molar-refractivity contribution < 1.29 is 4.79 Å². The number of anilines is 1. The van der Waals surface area contributed by atoms with Crippen LogP contribution in [0.3, 0.4) is 0 Å². The van der Waals surface area contributed by atoms with E-state index in [-0.39, 0.29) is 5.91 Å². The van der Waals surface area contributed by atoms with E-state index in [2.05, 4.69) is 62.6 Å². The molecule has 0 radical (unpaired) electrons. The van der Waals surface area contributed by atoms with Gasteiger partial charge in [0.15, 0.2) is 0 Å². The van der Waals surface area contributed by atoms with Crippen LogP contribution in [0.15, 0.2) is 30.3 Å². The summed E-state index contributed by atoms with van der Waals surface area (Å²) in [6, 6.07) is 10.8. The highest BCUT2D eigenvalue weighted by Gasteiger charge is 2.23. The first kappa shape index (κ1) is 18.0. The summed E-state index contributed by atoms with van der Waals surface area (Å²) in [7, 11) is 0. The molecule has 0 saturated carbocycles. The molecule has 1 aromatic carbocycles. The molecular formula is C21H29N5O. The number of hydrogen-bond acceptors (Lipinski definition) is 4. The SMILES string of the molecule is Cc1ccc(N2CC[C@H](CNC(=O)CCc3cc4n(n3)CCNC4)C2)cc1. The summed E-state index contributed by atoms with van der Waals surface area (Å²) in [6.07, 6.45) is 2.36. The lowest BCUT2D eigenvalue weighted by molar-refractivity contribution is -0.121. The van der Waals surface area contributed by atoms with Gasteiger partial charge in [-0.15, -0.1) is 0 Å². The zero-order chi connectivity index (χ0) is 18.6. The maximum absolute atomic E-state index is 12.2. The van der Waals surface area contributed by atoms with Crippen molar-refractivity contribution in [1.29, 1.82) is 0 Å². The van der Waals surface area contributed by atoms with Gasteiger partial charge in [-0.3, -0.25) is 9.48 Å². The number of nitrogens with zero attached hydrogens (tertiary/aromatic N) is 3. The maximum Gasteiger partial charge on any atom is 0.220 e. The highest BCUT2D eigenvalue weighted by Crippen LogP contribution is 2.23. The van der Waals surface area contributed by atoms with Crippen LogP contribution < -0.4 is 15.5 Å². The van der Waals surface area contributed by atoms with Gasteiger partial charge in [0.2, 0.25) is 5.91 Å². The number of amides is 1. The van der Waals surface area contributed by atoms with Crippen LogP contribution in [0.2, 0.25) is 0 Å². The Morgan fingerprint density at radius 1 is 1.30 bits per heavy atom. The van der Waals surface area contributed by atoms with Crippen molar-refractivity contribution in [1.82, 2.24) is 20.4 Å². The van der Waals surface area contributed by atoms with Gasteiger partial charge in [-0.2, -0.15) is 5.10 Å². The van der Waals surface area contributed by atoms with Gasteiger partial charge >= 0.3 is 0 Å². The predicted octanol–water partition coefficient (Wildman–Crippen LogP) is 1.87. The molecule has 27 heavy (non-hydrogen) atoms. The van der Waals surface area contributed by atoms with Crippen LogP contribution in [0, 0.1) is 12.8 Å². The first-order valence-corrected chi connectivity index (χ1v) is 10.0. The number of aromatic nitrogens is 2. The average molecular weight is 367 g/mol. The third-order valence-electron chi connectivity index (χ3n) is 5.60. The third kappa shape index (κ3) is 4.50. The molecular weight excluding hydrogens is 338 g/mol. The molecule has 2 N–H and O–H groups in total. The highest BCUT2D eigenvalue weighted by molar-refractivity contribution is 5.76. The number of benzene rings is 1. The van der Waals surface area contributed by atoms with Crippen molar-refractivity contribution in [3.8, 4) is 0 Å². The zero-order valence-corrected chi connectivity index (χ0v) is 16.1. The number of aryl methyl sites for hydroxylation is 2. The largest absolute Gasteiger partial charge is 0.371 e. The Morgan fingerprint density at radius 2 is 2.15 bits per heavy atom. The van der Waals surface area contributed by atoms with E-state index in [0.29, 0.717) is 18.8 Å². The van der Waals surface area contributed by atoms with Crippen LogP contribution >= 0.6 is 0 Å². The molecule has 2 aliphatic heterocycles. The minimum absolute atomic E-state index is 0.132. The van der Waals surface area contributed by atoms with Crippen molar-refractivity contribution in [2.45, 2.75) is 39.3 Å². The Hall–Kier alpha value is -2.34. The summed E-state index contributed by atoms with van der Waals surface area (Å²) in [4.78, 5) is 14.7. The van der Waals surface area contributed by atoms with Gasteiger partial charge in [0.1, 0.15) is 0 Å². The van der Waals surface area contributed by atoms with Crippen molar-refractivity contribution in [2.75, 3.05) is 31.1 Å². The Bertz CT molecular complexity index is 759. The molecule has 144 valence electrons. The monoisotopic (exact) mass is 367 g/mol. The van der Waals surface area contributed by atoms with Crippen LogP contribution in [-0.4, -0.2) is 41.9 Å². The second-order valence-electron chi connectivity index (χ2n) is 7.77. The summed E-state index contributed by atoms with van der Waals surface area (Å²) >= 11 is 0. The number of carbonyl (C=O) groups is 1. The molecule has 1 fully saturated rings. The summed E-state index contributed by atoms with van der Waals surface area (Å²) in [5.41, 5.74) is 4.82. The normalized spacial score (nSPS) is 19.1. The highest BCUT2D eigenvalue weighted by atomic mass is 16.1. The lowest BCUT2D eigenvalue weighted by atomic mass is 10.1. The minimum atomic E-state index is 0.132. The summed E-state index contributed by atoms with van der Waals surface area (Å²) in [5.74, 6) is 0.661. The number of nitrogens with one attached hydrogen (secondary N) is 2. The van der Waals surface area contributed by atoms with Crippen molar-refractivity contribution >= 4 is 11.6 Å². The van der Waals surface area contributed by atoms with Gasteiger partial charge in [0.05, 0.1) is 17.9 Å². The summed E-state index contributed by atoms with van der Waals surface area (Å²) in [6.45, 7) is 7.73. The molecule has 1 saturated heterocycles. The van der Waals surface area contributed by atoms with E-state index < -0.39 is 0 Å². The first-order chi connectivity index (χ1) is 13.2. The Kier molecular flexibility index (Phi) is 5.43. The number of rotatable bonds is 6. The van der Waals surface area contributed by atoms with Crippen molar-refractivity contribution in [2.24, 2.45) is 5.92 Å². The lowest BCUT2D eigenvalue weighted by Gasteiger charge is -2.19. The van der Waals surface area contributed by atoms with E-state index in [1.54, 1.807) is 0 Å². The van der Waals surface area contributed by atoms with Gasteiger partial charge < -0.3 is 15.5 Å². The fourth-order valence-electron chi connectivity index (χ4n) is 3.95. The molecule has 2 aromatic rings. The van der Waals surface area contributed by atoms with E-state index in [0.717, 1.165) is 51.4 Å². The molecule has 1 amide bonds. The Balaban J connectivity index is 1.19. The van der Waals surface area contributed by atoms with Crippen LogP contribution in [0.5, 0.6) is 0 Å². The van der Waals surface area contributed by atoms with Crippen LogP contribution in [0.4, 0.5) is 5.69 Å². The molecule has 6 nitrogen and oxygen atoms in total. The molecule has 1 atom stereocenters. The van der Waals surface area contributed by atoms with E-state index >= 15 is 0 Å². The number of fused-ring (bicyclic) bond motifs is 1. The smallest absolute Gasteiger partial charge is 0.220 e. The first-order valence-electron chi connectivity index (χ1n) is 10.0. The van der Waals surface area contributed by atoms with Crippen molar-refractivity contribution in [3.05, 3.63) is 47.3 Å². The topological polar surface area (TPSA) is 62.2 Å². The molecule has 2 aliphatic rings. The minimum Gasteiger partial charge on any atom is -0.371 e. The molecule has 0 aliphatic carbocycles. The van der Waals surface area contributed by atoms with Gasteiger partial charge in [-0.05, 0) is 37.5 Å². The van der Waals surface area contributed by atoms with Crippen molar-refractivity contribution in [3.63, 3.8) is 0 Å². The standard InChI is InChI=1S/C21H29N5O/c1-16-2-5-19(6-3-16)25-10-8-17(15-25)13-23-21(27)7-4-18-12-20-14-22-9-11-26(20)24-18/h2-3,5-6,12,17,22H,4,7-11,13-15H2,1H3,(H,23,27)/t17-/m1/s1. The van der Waals surface area contributed by atoms with Crippen LogP contribution in [0.1, 0.15) is 29.8 Å². The summed E-state index contributed by atoms with van der Waals surface area (Å²) in [5, 5.41) is 11.1. The van der Waals surface area contributed by atoms with Crippen LogP contribution in [-0.2, 0) is 24.3 Å². The number of carbonyl (C=O) groups excluding carboxylic acids is 1. The van der Waals surface area contributed by atoms with E-state index in [4.69, 9.17) is 0 Å². The molecule has 6 heteroatoms. The fraction of sp³-hybridized carbons (Fsp3) is 0.524. The zero-order valence-electron chi connectivity index (χ0n) is 16.1. The Labute approximate surface area is 160 Å². The Morgan fingerprint density at radius 3 is 2.96 bits per heavy atom. The third-order valence-corrected chi connectivity index (χ3v) is 5.60. The van der Waals surface area contributed by atoms with E-state index in [1.807, 2.05) is 0 Å². The molecule has 0 spiro atoms. The molecule has 1 aromatic heterocycles. The molecule has 3 heterocycles. The quantitative estimate of drug-likeness (QED) is 0.818. The molecule has 0 bridgehead atoms. The fourth-order valence-corrected chi connectivity index (χ4v) is 3.95. The van der Waals surface area contributed by atoms with Gasteiger partial charge in [-0.25, -0.2) is 0 Å². The second kappa shape index (κ2) is 8.13. The van der Waals surface area contributed by atoms with Crippen LogP contribution in [0.25, 0.3) is 0 Å². The number of hydrogen-bond donors (Lipinski definition) is 2. The summed E-state index contributed by atoms with van der Waals surface area (Å²) < 4.78 is 2.06. The van der Waals surface area contributed by atoms with E-state index in [9.17, 15) is 4.79 Å².